The van der Waals surface area contributed by atoms with Gasteiger partial charge < -0.3 is 0 Å². The lowest BCUT2D eigenvalue weighted by molar-refractivity contribution is -0.137. The van der Waals surface area contributed by atoms with Crippen molar-refractivity contribution in [3.63, 3.8) is 0 Å². The average Bonchev–Trinajstić information content (AvgIpc) is 3.06. The lowest BCUT2D eigenvalue weighted by Gasteiger charge is -2.06. The first kappa shape index (κ1) is 15.8. The van der Waals surface area contributed by atoms with Crippen LogP contribution in [-0.2, 0) is 11.0 Å². The molecule has 3 rings (SSSR count). The van der Waals surface area contributed by atoms with E-state index in [0.29, 0.717) is 10.5 Å². The van der Waals surface area contributed by atoms with Gasteiger partial charge in [-0.2, -0.15) is 13.2 Å². The number of carbonyl (C=O) groups excluding carboxylic acids is 2. The molecule has 1 aliphatic rings. The molecule has 0 atom stereocenters. The largest absolute Gasteiger partial charge is 0.416 e. The van der Waals surface area contributed by atoms with Gasteiger partial charge >= 0.3 is 6.18 Å². The molecule has 0 unspecified atom stereocenters. The number of amides is 2. The molecule has 118 valence electrons. The third-order valence-corrected chi connectivity index (χ3v) is 4.93. The minimum absolute atomic E-state index is 0.302. The zero-order chi connectivity index (χ0) is 16.6. The second-order valence-corrected chi connectivity index (χ2v) is 6.76. The maximum Gasteiger partial charge on any atom is 0.416 e. The average molecular weight is 355 g/mol. The number of nitrogens with one attached hydrogen (secondary N) is 1. The van der Waals surface area contributed by atoms with Crippen LogP contribution in [0.5, 0.6) is 0 Å². The molecule has 0 bridgehead atoms. The first-order valence-electron chi connectivity index (χ1n) is 6.35. The van der Waals surface area contributed by atoms with E-state index >= 15 is 0 Å². The van der Waals surface area contributed by atoms with Crippen LogP contribution in [-0.4, -0.2) is 11.1 Å². The summed E-state index contributed by atoms with van der Waals surface area (Å²) in [4.78, 5) is 24.4. The van der Waals surface area contributed by atoms with Crippen molar-refractivity contribution < 1.29 is 22.8 Å². The Morgan fingerprint density at radius 3 is 2.26 bits per heavy atom. The zero-order valence-electron chi connectivity index (χ0n) is 11.3. The molecule has 0 radical (unpaired) electrons. The highest BCUT2D eigenvalue weighted by molar-refractivity contribution is 8.18. The molecule has 0 aliphatic carbocycles. The van der Waals surface area contributed by atoms with Gasteiger partial charge in [0.05, 0.1) is 10.5 Å². The van der Waals surface area contributed by atoms with Crippen molar-refractivity contribution in [3.8, 4) is 10.4 Å². The van der Waals surface area contributed by atoms with Gasteiger partial charge in [-0.3, -0.25) is 14.9 Å². The summed E-state index contributed by atoms with van der Waals surface area (Å²) < 4.78 is 37.6. The molecule has 1 aromatic heterocycles. The van der Waals surface area contributed by atoms with Crippen LogP contribution in [0.3, 0.4) is 0 Å². The molecule has 3 nitrogen and oxygen atoms in total. The molecule has 1 aromatic carbocycles. The minimum Gasteiger partial charge on any atom is -0.282 e. The molecular weight excluding hydrogens is 347 g/mol. The molecule has 23 heavy (non-hydrogen) atoms. The molecule has 1 saturated heterocycles. The summed E-state index contributed by atoms with van der Waals surface area (Å²) in [6, 6.07) is 8.40. The van der Waals surface area contributed by atoms with Crippen molar-refractivity contribution in [3.05, 3.63) is 51.7 Å². The summed E-state index contributed by atoms with van der Waals surface area (Å²) in [6.45, 7) is 0. The quantitative estimate of drug-likeness (QED) is 0.790. The van der Waals surface area contributed by atoms with Crippen LogP contribution in [0.15, 0.2) is 41.3 Å². The number of hydrogen-bond donors (Lipinski definition) is 1. The van der Waals surface area contributed by atoms with Crippen LogP contribution in [0.1, 0.15) is 10.4 Å². The molecule has 1 aliphatic heterocycles. The van der Waals surface area contributed by atoms with Gasteiger partial charge in [-0.05, 0) is 47.7 Å². The van der Waals surface area contributed by atoms with Gasteiger partial charge in [-0.1, -0.05) is 12.1 Å². The van der Waals surface area contributed by atoms with Crippen LogP contribution < -0.4 is 5.32 Å². The number of thiophene rings is 1. The molecule has 2 amide bonds. The van der Waals surface area contributed by atoms with Gasteiger partial charge in [-0.25, -0.2) is 0 Å². The molecule has 0 saturated carbocycles. The Bertz CT molecular complexity index is 807. The predicted octanol–water partition coefficient (Wildman–Crippen LogP) is 4.76. The molecule has 1 fully saturated rings. The van der Waals surface area contributed by atoms with Gasteiger partial charge in [0.1, 0.15) is 0 Å². The predicted molar refractivity (Wildman–Crippen MR) is 83.9 cm³/mol. The van der Waals surface area contributed by atoms with Gasteiger partial charge in [0, 0.05) is 9.75 Å². The molecule has 2 heterocycles. The number of imide groups is 1. The fraction of sp³-hybridized carbons (Fsp3) is 0.0667. The Labute approximate surface area is 137 Å². The number of thioether (sulfide) groups is 1. The maximum atomic E-state index is 12.5. The van der Waals surface area contributed by atoms with E-state index < -0.39 is 22.9 Å². The fourth-order valence-electron chi connectivity index (χ4n) is 1.96. The highest BCUT2D eigenvalue weighted by Crippen LogP contribution is 2.34. The van der Waals surface area contributed by atoms with Crippen LogP contribution in [0, 0.1) is 0 Å². The van der Waals surface area contributed by atoms with E-state index in [4.69, 9.17) is 0 Å². The van der Waals surface area contributed by atoms with Crippen LogP contribution in [0.2, 0.25) is 0 Å². The third-order valence-electron chi connectivity index (χ3n) is 3.04. The monoisotopic (exact) mass is 355 g/mol. The van der Waals surface area contributed by atoms with Crippen molar-refractivity contribution in [1.82, 2.24) is 5.32 Å². The normalized spacial score (nSPS) is 16.9. The summed E-state index contributed by atoms with van der Waals surface area (Å²) in [5.74, 6) is -0.440. The fourth-order valence-corrected chi connectivity index (χ4v) is 3.66. The first-order valence-corrected chi connectivity index (χ1v) is 7.98. The number of rotatable bonds is 2. The Balaban J connectivity index is 1.84. The Morgan fingerprint density at radius 1 is 1.00 bits per heavy atom. The molecule has 8 heteroatoms. The van der Waals surface area contributed by atoms with E-state index in [1.165, 1.54) is 23.5 Å². The van der Waals surface area contributed by atoms with E-state index in [9.17, 15) is 22.8 Å². The van der Waals surface area contributed by atoms with E-state index in [2.05, 4.69) is 5.32 Å². The van der Waals surface area contributed by atoms with E-state index in [1.807, 2.05) is 0 Å². The van der Waals surface area contributed by atoms with Crippen LogP contribution in [0.4, 0.5) is 18.0 Å². The lowest BCUT2D eigenvalue weighted by atomic mass is 10.1. The van der Waals surface area contributed by atoms with Crippen molar-refractivity contribution in [1.29, 1.82) is 0 Å². The summed E-state index contributed by atoms with van der Waals surface area (Å²) in [5, 5.41) is 1.74. The minimum atomic E-state index is -4.36. The smallest absolute Gasteiger partial charge is 0.282 e. The number of halogens is 3. The van der Waals surface area contributed by atoms with Gasteiger partial charge in [0.15, 0.2) is 0 Å². The zero-order valence-corrected chi connectivity index (χ0v) is 12.9. The summed E-state index contributed by atoms with van der Waals surface area (Å²) in [5.41, 5.74) is -0.0371. The van der Waals surface area contributed by atoms with E-state index in [-0.39, 0.29) is 0 Å². The third kappa shape index (κ3) is 3.48. The summed E-state index contributed by atoms with van der Waals surface area (Å²) in [7, 11) is 0. The standard InChI is InChI=1S/C15H8F3NO2S2/c16-15(17,18)9-3-1-8(2-4-9)11-6-5-10(22-11)7-12-13(20)19-14(21)23-12/h1-7H,(H,19,20,21)/b12-7+. The van der Waals surface area contributed by atoms with Gasteiger partial charge in [0.2, 0.25) is 0 Å². The Kier molecular flexibility index (Phi) is 4.03. The topological polar surface area (TPSA) is 46.2 Å². The Hall–Kier alpha value is -2.06. The molecule has 1 N–H and O–H groups in total. The number of hydrogen-bond acceptors (Lipinski definition) is 4. The van der Waals surface area contributed by atoms with Gasteiger partial charge in [-0.15, -0.1) is 11.3 Å². The van der Waals surface area contributed by atoms with Gasteiger partial charge in [0.25, 0.3) is 11.1 Å². The summed E-state index contributed by atoms with van der Waals surface area (Å²) >= 11 is 2.15. The molecular formula is C15H8F3NO2S2. The SMILES string of the molecule is O=C1NC(=O)/C(=C\c2ccc(-c3ccc(C(F)(F)F)cc3)s2)S1. The number of benzene rings is 1. The van der Waals surface area contributed by atoms with E-state index in [0.717, 1.165) is 33.6 Å². The number of carbonyl (C=O) groups is 2. The van der Waals surface area contributed by atoms with Crippen molar-refractivity contribution in [2.45, 2.75) is 6.18 Å². The van der Waals surface area contributed by atoms with Crippen molar-refractivity contribution >= 4 is 40.3 Å². The first-order chi connectivity index (χ1) is 10.8. The molecule has 2 aromatic rings. The molecule has 0 spiro atoms. The van der Waals surface area contributed by atoms with Crippen LogP contribution in [0.25, 0.3) is 16.5 Å². The van der Waals surface area contributed by atoms with Crippen molar-refractivity contribution in [2.24, 2.45) is 0 Å². The Morgan fingerprint density at radius 2 is 1.70 bits per heavy atom. The highest BCUT2D eigenvalue weighted by atomic mass is 32.2. The van der Waals surface area contributed by atoms with Crippen molar-refractivity contribution in [2.75, 3.05) is 0 Å². The highest BCUT2D eigenvalue weighted by Gasteiger charge is 2.30. The lowest BCUT2D eigenvalue weighted by Crippen LogP contribution is -2.17. The second-order valence-electron chi connectivity index (χ2n) is 4.63. The maximum absolute atomic E-state index is 12.5. The second kappa shape index (κ2) is 5.86. The van der Waals surface area contributed by atoms with Crippen LogP contribution >= 0.6 is 23.1 Å². The number of alkyl halides is 3. The van der Waals surface area contributed by atoms with E-state index in [1.54, 1.807) is 18.2 Å². The summed E-state index contributed by atoms with van der Waals surface area (Å²) in [6.07, 6.45) is -2.77.